The van der Waals surface area contributed by atoms with Gasteiger partial charge in [0.15, 0.2) is 0 Å². The fraction of sp³-hybridized carbons (Fsp3) is 0.444. The third-order valence-corrected chi connectivity index (χ3v) is 3.62. The zero-order valence-corrected chi connectivity index (χ0v) is 13.3. The molecule has 21 heavy (non-hydrogen) atoms. The SMILES string of the molecule is CCCNc1ncnc(-c2ccc(CC)cc2)c1CCC. The lowest BCUT2D eigenvalue weighted by atomic mass is 10.0. The molecule has 3 nitrogen and oxygen atoms in total. The van der Waals surface area contributed by atoms with Crippen LogP contribution in [0.25, 0.3) is 11.3 Å². The average Bonchev–Trinajstić information content (AvgIpc) is 2.54. The number of rotatable bonds is 7. The summed E-state index contributed by atoms with van der Waals surface area (Å²) in [5.41, 5.74) is 4.83. The summed E-state index contributed by atoms with van der Waals surface area (Å²) in [6, 6.07) is 8.71. The third kappa shape index (κ3) is 3.81. The number of anilines is 1. The van der Waals surface area contributed by atoms with Crippen molar-refractivity contribution in [2.75, 3.05) is 11.9 Å². The van der Waals surface area contributed by atoms with E-state index in [1.807, 2.05) is 0 Å². The van der Waals surface area contributed by atoms with E-state index in [4.69, 9.17) is 0 Å². The van der Waals surface area contributed by atoms with Crippen LogP contribution >= 0.6 is 0 Å². The van der Waals surface area contributed by atoms with Gasteiger partial charge in [-0.2, -0.15) is 0 Å². The number of hydrogen-bond donors (Lipinski definition) is 1. The summed E-state index contributed by atoms with van der Waals surface area (Å²) in [5.74, 6) is 0.989. The molecule has 0 saturated carbocycles. The van der Waals surface area contributed by atoms with E-state index < -0.39 is 0 Å². The average molecular weight is 283 g/mol. The van der Waals surface area contributed by atoms with E-state index in [2.05, 4.69) is 60.3 Å². The molecule has 0 amide bonds. The fourth-order valence-corrected chi connectivity index (χ4v) is 2.44. The van der Waals surface area contributed by atoms with Gasteiger partial charge in [0.25, 0.3) is 0 Å². The Labute approximate surface area is 127 Å². The van der Waals surface area contributed by atoms with Crippen molar-refractivity contribution in [3.63, 3.8) is 0 Å². The Kier molecular flexibility index (Phi) is 5.73. The van der Waals surface area contributed by atoms with Crippen molar-refractivity contribution in [1.82, 2.24) is 9.97 Å². The van der Waals surface area contributed by atoms with Crippen molar-refractivity contribution in [3.05, 3.63) is 41.7 Å². The standard InChI is InChI=1S/C18H25N3/c1-4-7-16-17(15-10-8-14(6-3)9-11-15)20-13-21-18(16)19-12-5-2/h8-11,13H,4-7,12H2,1-3H3,(H,19,20,21). The van der Waals surface area contributed by atoms with Gasteiger partial charge in [-0.05, 0) is 24.8 Å². The zero-order chi connectivity index (χ0) is 15.1. The van der Waals surface area contributed by atoms with E-state index in [1.165, 1.54) is 16.7 Å². The summed E-state index contributed by atoms with van der Waals surface area (Å²) in [6.45, 7) is 7.48. The molecule has 1 aromatic carbocycles. The second-order valence-corrected chi connectivity index (χ2v) is 5.28. The number of benzene rings is 1. The Morgan fingerprint density at radius 2 is 1.71 bits per heavy atom. The van der Waals surface area contributed by atoms with Gasteiger partial charge in [0.05, 0.1) is 5.69 Å². The smallest absolute Gasteiger partial charge is 0.133 e. The first-order valence-electron chi connectivity index (χ1n) is 7.97. The molecule has 0 spiro atoms. The zero-order valence-electron chi connectivity index (χ0n) is 13.3. The molecule has 1 N–H and O–H groups in total. The molecule has 0 bridgehead atoms. The lowest BCUT2D eigenvalue weighted by molar-refractivity contribution is 0.892. The first-order chi connectivity index (χ1) is 10.3. The van der Waals surface area contributed by atoms with E-state index >= 15 is 0 Å². The summed E-state index contributed by atoms with van der Waals surface area (Å²) in [6.07, 6.45) is 5.91. The van der Waals surface area contributed by atoms with Crippen molar-refractivity contribution in [3.8, 4) is 11.3 Å². The Bertz CT molecular complexity index is 561. The van der Waals surface area contributed by atoms with Crippen LogP contribution in [0.1, 0.15) is 44.7 Å². The molecule has 0 aliphatic rings. The molecule has 0 saturated heterocycles. The van der Waals surface area contributed by atoms with Gasteiger partial charge in [0.1, 0.15) is 12.1 Å². The maximum atomic E-state index is 4.54. The quantitative estimate of drug-likeness (QED) is 0.814. The third-order valence-electron chi connectivity index (χ3n) is 3.62. The molecule has 112 valence electrons. The maximum absolute atomic E-state index is 4.54. The van der Waals surface area contributed by atoms with Crippen LogP contribution in [0.4, 0.5) is 5.82 Å². The van der Waals surface area contributed by atoms with Crippen LogP contribution in [0.15, 0.2) is 30.6 Å². The van der Waals surface area contributed by atoms with Crippen molar-refractivity contribution in [2.45, 2.75) is 46.5 Å². The van der Waals surface area contributed by atoms with Crippen LogP contribution in [0.3, 0.4) is 0 Å². The lowest BCUT2D eigenvalue weighted by Crippen LogP contribution is -2.07. The molecule has 0 aliphatic heterocycles. The van der Waals surface area contributed by atoms with Crippen molar-refractivity contribution in [2.24, 2.45) is 0 Å². The molecule has 0 atom stereocenters. The van der Waals surface area contributed by atoms with Gasteiger partial charge >= 0.3 is 0 Å². The largest absolute Gasteiger partial charge is 0.370 e. The van der Waals surface area contributed by atoms with Gasteiger partial charge in [-0.1, -0.05) is 51.5 Å². The molecule has 0 radical (unpaired) electrons. The molecule has 2 aromatic rings. The second kappa shape index (κ2) is 7.77. The van der Waals surface area contributed by atoms with Crippen LogP contribution in [0, 0.1) is 0 Å². The number of aromatic nitrogens is 2. The highest BCUT2D eigenvalue weighted by Gasteiger charge is 2.12. The lowest BCUT2D eigenvalue weighted by Gasteiger charge is -2.14. The van der Waals surface area contributed by atoms with Gasteiger partial charge in [-0.15, -0.1) is 0 Å². The minimum Gasteiger partial charge on any atom is -0.370 e. The first kappa shape index (κ1) is 15.5. The molecule has 0 unspecified atom stereocenters. The number of aryl methyl sites for hydroxylation is 1. The van der Waals surface area contributed by atoms with Crippen molar-refractivity contribution in [1.29, 1.82) is 0 Å². The number of nitrogens with zero attached hydrogens (tertiary/aromatic N) is 2. The molecule has 1 aromatic heterocycles. The summed E-state index contributed by atoms with van der Waals surface area (Å²) < 4.78 is 0. The minimum atomic E-state index is 0.946. The van der Waals surface area contributed by atoms with E-state index in [1.54, 1.807) is 6.33 Å². The highest BCUT2D eigenvalue weighted by atomic mass is 15.0. The summed E-state index contributed by atoms with van der Waals surface area (Å²) >= 11 is 0. The first-order valence-corrected chi connectivity index (χ1v) is 7.97. The van der Waals surface area contributed by atoms with Crippen LogP contribution in [0.5, 0.6) is 0 Å². The Morgan fingerprint density at radius 3 is 2.33 bits per heavy atom. The van der Waals surface area contributed by atoms with Crippen LogP contribution < -0.4 is 5.32 Å². The highest BCUT2D eigenvalue weighted by molar-refractivity contribution is 5.68. The van der Waals surface area contributed by atoms with E-state index in [9.17, 15) is 0 Å². The predicted molar refractivity (Wildman–Crippen MR) is 89.6 cm³/mol. The van der Waals surface area contributed by atoms with E-state index in [0.29, 0.717) is 0 Å². The van der Waals surface area contributed by atoms with Crippen molar-refractivity contribution >= 4 is 5.82 Å². The normalized spacial score (nSPS) is 10.6. The Balaban J connectivity index is 2.40. The van der Waals surface area contributed by atoms with Gasteiger partial charge in [-0.3, -0.25) is 0 Å². The van der Waals surface area contributed by atoms with Crippen LogP contribution in [-0.2, 0) is 12.8 Å². The maximum Gasteiger partial charge on any atom is 0.133 e. The van der Waals surface area contributed by atoms with Gasteiger partial charge in [-0.25, -0.2) is 9.97 Å². The highest BCUT2D eigenvalue weighted by Crippen LogP contribution is 2.27. The molecule has 0 fully saturated rings. The van der Waals surface area contributed by atoms with Gasteiger partial charge < -0.3 is 5.32 Å². The Morgan fingerprint density at radius 1 is 0.952 bits per heavy atom. The molecular formula is C18H25N3. The topological polar surface area (TPSA) is 37.8 Å². The molecular weight excluding hydrogens is 258 g/mol. The van der Waals surface area contributed by atoms with E-state index in [0.717, 1.165) is 43.7 Å². The summed E-state index contributed by atoms with van der Waals surface area (Å²) in [7, 11) is 0. The Hall–Kier alpha value is -1.90. The monoisotopic (exact) mass is 283 g/mol. The van der Waals surface area contributed by atoms with Gasteiger partial charge in [0.2, 0.25) is 0 Å². The summed E-state index contributed by atoms with van der Waals surface area (Å²) in [5, 5.41) is 3.43. The van der Waals surface area contributed by atoms with Crippen LogP contribution in [0.2, 0.25) is 0 Å². The van der Waals surface area contributed by atoms with Gasteiger partial charge in [0, 0.05) is 17.7 Å². The molecule has 3 heteroatoms. The minimum absolute atomic E-state index is 0.946. The number of nitrogens with one attached hydrogen (secondary N) is 1. The fourth-order valence-electron chi connectivity index (χ4n) is 2.44. The second-order valence-electron chi connectivity index (χ2n) is 5.28. The van der Waals surface area contributed by atoms with Crippen molar-refractivity contribution < 1.29 is 0 Å². The molecule has 2 rings (SSSR count). The predicted octanol–water partition coefficient (Wildman–Crippen LogP) is 4.48. The summed E-state index contributed by atoms with van der Waals surface area (Å²) in [4.78, 5) is 8.97. The van der Waals surface area contributed by atoms with Crippen LogP contribution in [-0.4, -0.2) is 16.5 Å². The molecule has 1 heterocycles. The number of hydrogen-bond acceptors (Lipinski definition) is 3. The van der Waals surface area contributed by atoms with E-state index in [-0.39, 0.29) is 0 Å². The molecule has 0 aliphatic carbocycles.